The Balaban J connectivity index is 1.58. The van der Waals surface area contributed by atoms with E-state index in [4.69, 9.17) is 13.7 Å². The maximum atomic E-state index is 12.8. The van der Waals surface area contributed by atoms with Crippen LogP contribution in [0.3, 0.4) is 0 Å². The number of rotatable bonds is 6. The highest BCUT2D eigenvalue weighted by Crippen LogP contribution is 2.24. The monoisotopic (exact) mass is 488 g/mol. The SMILES string of the molecule is COc1ccc(-c2noc(-c3cc4ccccc4o/c3=N/NS(=O)(=O)c3ccc(C)cc3)n2)cc1. The van der Waals surface area contributed by atoms with Gasteiger partial charge >= 0.3 is 0 Å². The first-order chi connectivity index (χ1) is 16.9. The first-order valence-corrected chi connectivity index (χ1v) is 12.0. The first kappa shape index (κ1) is 22.4. The van der Waals surface area contributed by atoms with E-state index >= 15 is 0 Å². The molecule has 0 atom stereocenters. The van der Waals surface area contributed by atoms with E-state index in [0.29, 0.717) is 22.7 Å². The molecule has 35 heavy (non-hydrogen) atoms. The minimum Gasteiger partial charge on any atom is -0.497 e. The van der Waals surface area contributed by atoms with Gasteiger partial charge in [-0.3, -0.25) is 0 Å². The molecule has 0 bridgehead atoms. The maximum Gasteiger partial charge on any atom is 0.276 e. The lowest BCUT2D eigenvalue weighted by Gasteiger charge is -2.05. The van der Waals surface area contributed by atoms with E-state index < -0.39 is 10.0 Å². The fourth-order valence-electron chi connectivity index (χ4n) is 3.37. The number of ether oxygens (including phenoxy) is 1. The van der Waals surface area contributed by atoms with Crippen molar-refractivity contribution in [3.05, 3.63) is 90.0 Å². The molecule has 0 unspecified atom stereocenters. The van der Waals surface area contributed by atoms with Gasteiger partial charge in [-0.25, -0.2) is 0 Å². The topological polar surface area (TPSA) is 120 Å². The Bertz CT molecular complexity index is 1670. The van der Waals surface area contributed by atoms with Crippen LogP contribution in [0.1, 0.15) is 5.56 Å². The van der Waals surface area contributed by atoms with Crippen molar-refractivity contribution in [1.29, 1.82) is 0 Å². The Labute approximate surface area is 200 Å². The molecular formula is C25H20N4O5S. The molecule has 0 aliphatic rings. The zero-order valence-electron chi connectivity index (χ0n) is 18.8. The lowest BCUT2D eigenvalue weighted by atomic mass is 10.2. The second-order valence-electron chi connectivity index (χ2n) is 7.67. The highest BCUT2D eigenvalue weighted by molar-refractivity contribution is 7.89. The van der Waals surface area contributed by atoms with E-state index in [2.05, 4.69) is 20.1 Å². The molecule has 176 valence electrons. The third kappa shape index (κ3) is 4.64. The number of hydrogen-bond acceptors (Lipinski definition) is 8. The second-order valence-corrected chi connectivity index (χ2v) is 9.34. The molecule has 1 N–H and O–H groups in total. The van der Waals surface area contributed by atoms with Gasteiger partial charge in [0, 0.05) is 10.9 Å². The number of fused-ring (bicyclic) bond motifs is 1. The summed E-state index contributed by atoms with van der Waals surface area (Å²) >= 11 is 0. The van der Waals surface area contributed by atoms with Gasteiger partial charge in [0.25, 0.3) is 15.9 Å². The van der Waals surface area contributed by atoms with Gasteiger partial charge in [0.1, 0.15) is 16.9 Å². The maximum absolute atomic E-state index is 12.8. The number of nitrogens with one attached hydrogen (secondary N) is 1. The van der Waals surface area contributed by atoms with Gasteiger partial charge in [-0.1, -0.05) is 41.1 Å². The van der Waals surface area contributed by atoms with E-state index in [9.17, 15) is 8.42 Å². The summed E-state index contributed by atoms with van der Waals surface area (Å²) in [4.78, 5) is 6.78. The summed E-state index contributed by atoms with van der Waals surface area (Å²) in [5, 5.41) is 8.87. The Kier molecular flexibility index (Phi) is 5.79. The highest BCUT2D eigenvalue weighted by Gasteiger charge is 2.17. The summed E-state index contributed by atoms with van der Waals surface area (Å²) in [7, 11) is -2.34. The molecule has 0 aliphatic heterocycles. The molecule has 0 amide bonds. The second kappa shape index (κ2) is 9.07. The Morgan fingerprint density at radius 2 is 1.71 bits per heavy atom. The summed E-state index contributed by atoms with van der Waals surface area (Å²) in [6, 6.07) is 22.6. The summed E-state index contributed by atoms with van der Waals surface area (Å²) < 4.78 is 42.1. The molecule has 2 heterocycles. The quantitative estimate of drug-likeness (QED) is 0.355. The van der Waals surface area contributed by atoms with Crippen molar-refractivity contribution in [2.24, 2.45) is 5.10 Å². The van der Waals surface area contributed by atoms with E-state index in [1.165, 1.54) is 12.1 Å². The van der Waals surface area contributed by atoms with Crippen molar-refractivity contribution < 1.29 is 22.1 Å². The van der Waals surface area contributed by atoms with Crippen molar-refractivity contribution in [3.8, 4) is 28.6 Å². The molecule has 9 nitrogen and oxygen atoms in total. The molecule has 0 fully saturated rings. The lowest BCUT2D eigenvalue weighted by Crippen LogP contribution is -2.22. The molecule has 2 aromatic heterocycles. The molecule has 3 aromatic carbocycles. The van der Waals surface area contributed by atoms with Crippen LogP contribution in [0.15, 0.2) is 97.8 Å². The molecule has 10 heteroatoms. The van der Waals surface area contributed by atoms with E-state index in [-0.39, 0.29) is 16.3 Å². The molecule has 5 aromatic rings. The zero-order chi connectivity index (χ0) is 24.4. The fourth-order valence-corrected chi connectivity index (χ4v) is 4.17. The predicted molar refractivity (Wildman–Crippen MR) is 129 cm³/mol. The van der Waals surface area contributed by atoms with Crippen LogP contribution >= 0.6 is 0 Å². The van der Waals surface area contributed by atoms with Gasteiger partial charge in [0.05, 0.1) is 12.0 Å². The molecular weight excluding hydrogens is 468 g/mol. The van der Waals surface area contributed by atoms with Crippen LogP contribution in [0, 0.1) is 6.92 Å². The molecule has 0 spiro atoms. The van der Waals surface area contributed by atoms with Crippen molar-refractivity contribution >= 4 is 21.0 Å². The molecule has 0 saturated carbocycles. The van der Waals surface area contributed by atoms with Gasteiger partial charge in [-0.05, 0) is 55.5 Å². The van der Waals surface area contributed by atoms with Crippen LogP contribution in [0.25, 0.3) is 33.8 Å². The van der Waals surface area contributed by atoms with Gasteiger partial charge in [-0.2, -0.15) is 18.2 Å². The number of hydrogen-bond donors (Lipinski definition) is 1. The number of methoxy groups -OCH3 is 1. The van der Waals surface area contributed by atoms with Gasteiger partial charge in [0.2, 0.25) is 11.4 Å². The third-order valence-corrected chi connectivity index (χ3v) is 6.48. The lowest BCUT2D eigenvalue weighted by molar-refractivity contribution is 0.414. The van der Waals surface area contributed by atoms with Crippen molar-refractivity contribution in [1.82, 2.24) is 15.0 Å². The minimum absolute atomic E-state index is 0.0238. The average Bonchev–Trinajstić information content (AvgIpc) is 3.37. The standard InChI is InChI=1S/C25H20N4O5S/c1-16-7-13-20(14-8-16)35(30,31)29-27-25-21(15-18-5-3-4-6-22(18)33-25)24-26-23(28-34-24)17-9-11-19(32-2)12-10-17/h3-15,29H,1-2H3/b27-25+. The normalized spacial score (nSPS) is 12.1. The summed E-state index contributed by atoms with van der Waals surface area (Å²) in [6.45, 7) is 1.87. The number of para-hydroxylation sites is 1. The van der Waals surface area contributed by atoms with Crippen LogP contribution in [-0.4, -0.2) is 25.7 Å². The highest BCUT2D eigenvalue weighted by atomic mass is 32.2. The van der Waals surface area contributed by atoms with E-state index in [0.717, 1.165) is 16.5 Å². The van der Waals surface area contributed by atoms with E-state index in [1.54, 1.807) is 61.7 Å². The minimum atomic E-state index is -3.93. The molecule has 0 radical (unpaired) electrons. The van der Waals surface area contributed by atoms with Crippen LogP contribution in [0.4, 0.5) is 0 Å². The van der Waals surface area contributed by atoms with Crippen LogP contribution in [0.2, 0.25) is 0 Å². The van der Waals surface area contributed by atoms with Crippen LogP contribution < -0.4 is 15.1 Å². The fraction of sp³-hybridized carbons (Fsp3) is 0.0800. The van der Waals surface area contributed by atoms with Gasteiger partial charge < -0.3 is 13.7 Å². The summed E-state index contributed by atoms with van der Waals surface area (Å²) in [5.74, 6) is 1.17. The third-order valence-electron chi connectivity index (χ3n) is 5.26. The Morgan fingerprint density at radius 3 is 2.46 bits per heavy atom. The zero-order valence-corrected chi connectivity index (χ0v) is 19.6. The van der Waals surface area contributed by atoms with Crippen LogP contribution in [0.5, 0.6) is 5.75 Å². The number of aromatic nitrogens is 2. The summed E-state index contributed by atoms with van der Waals surface area (Å²) in [5.41, 5.74) is 2.49. The number of sulfonamides is 1. The van der Waals surface area contributed by atoms with Crippen molar-refractivity contribution in [2.45, 2.75) is 11.8 Å². The first-order valence-electron chi connectivity index (χ1n) is 10.6. The smallest absolute Gasteiger partial charge is 0.276 e. The largest absolute Gasteiger partial charge is 0.497 e. The van der Waals surface area contributed by atoms with Gasteiger partial charge in [-0.15, -0.1) is 5.10 Å². The van der Waals surface area contributed by atoms with E-state index in [1.807, 2.05) is 19.1 Å². The molecule has 0 aliphatic carbocycles. The van der Waals surface area contributed by atoms with Crippen LogP contribution in [-0.2, 0) is 10.0 Å². The van der Waals surface area contributed by atoms with Gasteiger partial charge in [0.15, 0.2) is 0 Å². The predicted octanol–water partition coefficient (Wildman–Crippen LogP) is 4.26. The summed E-state index contributed by atoms with van der Waals surface area (Å²) in [6.07, 6.45) is 0. The Morgan fingerprint density at radius 1 is 0.971 bits per heavy atom. The average molecular weight is 489 g/mol. The molecule has 5 rings (SSSR count). The number of aryl methyl sites for hydroxylation is 1. The molecule has 0 saturated heterocycles. The van der Waals surface area contributed by atoms with Crippen molar-refractivity contribution in [2.75, 3.05) is 7.11 Å². The number of nitrogens with zero attached hydrogens (tertiary/aromatic N) is 3. The van der Waals surface area contributed by atoms with Crippen molar-refractivity contribution in [3.63, 3.8) is 0 Å². The Hall–Kier alpha value is -4.44. The number of benzene rings is 3.